The van der Waals surface area contributed by atoms with Gasteiger partial charge in [-0.25, -0.2) is 13.3 Å². The molecule has 0 unspecified atom stereocenters. The summed E-state index contributed by atoms with van der Waals surface area (Å²) >= 11 is 0. The molecule has 1 aromatic rings. The predicted octanol–water partition coefficient (Wildman–Crippen LogP) is 4.64. The summed E-state index contributed by atoms with van der Waals surface area (Å²) in [5, 5.41) is -0.0340. The molecule has 4 heteroatoms. The van der Waals surface area contributed by atoms with E-state index < -0.39 is 9.84 Å². The number of sulfone groups is 1. The van der Waals surface area contributed by atoms with Crippen LogP contribution in [0.1, 0.15) is 50.5 Å². The molecule has 0 saturated heterocycles. The Kier molecular flexibility index (Phi) is 5.19. The van der Waals surface area contributed by atoms with Crippen molar-refractivity contribution in [2.45, 2.75) is 56.8 Å². The van der Waals surface area contributed by atoms with Crippen LogP contribution in [0.25, 0.3) is 4.85 Å². The zero-order valence-corrected chi connectivity index (χ0v) is 13.2. The van der Waals surface area contributed by atoms with Crippen LogP contribution in [0.15, 0.2) is 39.8 Å². The quantitative estimate of drug-likeness (QED) is 0.746. The lowest BCUT2D eigenvalue weighted by atomic mass is 9.97. The molecule has 112 valence electrons. The fourth-order valence-corrected chi connectivity index (χ4v) is 4.13. The van der Waals surface area contributed by atoms with Gasteiger partial charge in [0.15, 0.2) is 0 Å². The Hall–Kier alpha value is -1.60. The van der Waals surface area contributed by atoms with Crippen LogP contribution in [0, 0.1) is 13.5 Å². The lowest BCUT2D eigenvalue weighted by Gasteiger charge is -2.14. The zero-order valence-electron chi connectivity index (χ0n) is 12.4. The minimum Gasteiger partial charge on any atom is -0.230 e. The molecule has 2 rings (SSSR count). The summed E-state index contributed by atoms with van der Waals surface area (Å²) in [4.78, 5) is 3.63. The van der Waals surface area contributed by atoms with Crippen molar-refractivity contribution in [3.8, 4) is 0 Å². The molecule has 1 aliphatic rings. The van der Waals surface area contributed by atoms with E-state index in [0.717, 1.165) is 49.7 Å². The molecule has 0 aromatic heterocycles. The van der Waals surface area contributed by atoms with Crippen LogP contribution >= 0.6 is 0 Å². The molecule has 0 spiro atoms. The third kappa shape index (κ3) is 3.74. The van der Waals surface area contributed by atoms with Crippen LogP contribution in [0.3, 0.4) is 0 Å². The monoisotopic (exact) mass is 303 g/mol. The average Bonchev–Trinajstić information content (AvgIpc) is 2.42. The number of hydrogen-bond acceptors (Lipinski definition) is 2. The third-order valence-corrected chi connectivity index (χ3v) is 5.73. The smallest absolute Gasteiger partial charge is 0.230 e. The van der Waals surface area contributed by atoms with Gasteiger partial charge in [-0.3, -0.25) is 0 Å². The number of hydrogen-bond donors (Lipinski definition) is 0. The van der Waals surface area contributed by atoms with Crippen molar-refractivity contribution in [2.24, 2.45) is 0 Å². The summed E-state index contributed by atoms with van der Waals surface area (Å²) < 4.78 is 25.4. The first kappa shape index (κ1) is 15.8. The van der Waals surface area contributed by atoms with Gasteiger partial charge in [-0.1, -0.05) is 55.4 Å². The summed E-state index contributed by atoms with van der Waals surface area (Å²) in [6, 6.07) is 6.74. The van der Waals surface area contributed by atoms with Crippen molar-refractivity contribution in [2.75, 3.05) is 0 Å². The van der Waals surface area contributed by atoms with Crippen LogP contribution in [0.5, 0.6) is 0 Å². The Morgan fingerprint density at radius 2 is 1.52 bits per heavy atom. The van der Waals surface area contributed by atoms with Crippen LogP contribution in [-0.4, -0.2) is 8.42 Å². The highest BCUT2D eigenvalue weighted by atomic mass is 32.2. The van der Waals surface area contributed by atoms with E-state index in [4.69, 9.17) is 6.57 Å². The molecule has 0 bridgehead atoms. The lowest BCUT2D eigenvalue weighted by molar-refractivity contribution is 0.565. The molecule has 0 amide bonds. The standard InChI is InChI=1S/C17H21NO2S/c1-14-10-12-16(13-11-14)21(19,20)17(18-2)15-8-6-4-3-5-7-9-15/h10-13H,3-9H2,1H3. The van der Waals surface area contributed by atoms with Gasteiger partial charge in [0.05, 0.1) is 11.5 Å². The fourth-order valence-electron chi connectivity index (χ4n) is 2.70. The molecule has 1 fully saturated rings. The van der Waals surface area contributed by atoms with Crippen LogP contribution in [0.2, 0.25) is 0 Å². The third-order valence-electron chi connectivity index (χ3n) is 3.95. The number of allylic oxidation sites excluding steroid dienone is 1. The zero-order chi connectivity index (χ0) is 15.3. The van der Waals surface area contributed by atoms with Gasteiger partial charge in [0.1, 0.15) is 0 Å². The summed E-state index contributed by atoms with van der Waals surface area (Å²) in [6.45, 7) is 9.27. The highest BCUT2D eigenvalue weighted by molar-refractivity contribution is 7.95. The van der Waals surface area contributed by atoms with Crippen molar-refractivity contribution in [1.29, 1.82) is 0 Å². The summed E-state index contributed by atoms with van der Waals surface area (Å²) in [6.07, 6.45) is 6.91. The first-order chi connectivity index (χ1) is 10.1. The molecule has 0 aliphatic heterocycles. The molecule has 1 aromatic carbocycles. The molecule has 1 aliphatic carbocycles. The van der Waals surface area contributed by atoms with Crippen molar-refractivity contribution in [3.63, 3.8) is 0 Å². The van der Waals surface area contributed by atoms with E-state index in [1.807, 2.05) is 6.92 Å². The minimum atomic E-state index is -3.67. The lowest BCUT2D eigenvalue weighted by Crippen LogP contribution is -2.07. The molecular formula is C17H21NO2S. The number of rotatable bonds is 2. The maximum atomic E-state index is 12.7. The molecule has 0 heterocycles. The van der Waals surface area contributed by atoms with Gasteiger partial charge >= 0.3 is 0 Å². The number of benzene rings is 1. The maximum Gasteiger partial charge on any atom is 0.282 e. The topological polar surface area (TPSA) is 38.5 Å². The van der Waals surface area contributed by atoms with Gasteiger partial charge in [-0.05, 0) is 31.9 Å². The van der Waals surface area contributed by atoms with Crippen molar-refractivity contribution < 1.29 is 8.42 Å². The highest BCUT2D eigenvalue weighted by Crippen LogP contribution is 2.30. The van der Waals surface area contributed by atoms with Gasteiger partial charge in [-0.2, -0.15) is 0 Å². The van der Waals surface area contributed by atoms with Gasteiger partial charge in [0.2, 0.25) is 9.84 Å². The van der Waals surface area contributed by atoms with Gasteiger partial charge in [0.25, 0.3) is 5.03 Å². The Morgan fingerprint density at radius 3 is 2.05 bits per heavy atom. The summed E-state index contributed by atoms with van der Waals surface area (Å²) in [5.41, 5.74) is 1.84. The Balaban J connectivity index is 2.43. The van der Waals surface area contributed by atoms with E-state index in [1.54, 1.807) is 24.3 Å². The van der Waals surface area contributed by atoms with E-state index in [1.165, 1.54) is 6.42 Å². The molecule has 0 radical (unpaired) electrons. The summed E-state index contributed by atoms with van der Waals surface area (Å²) in [5.74, 6) is 0. The van der Waals surface area contributed by atoms with Gasteiger partial charge in [-0.15, -0.1) is 0 Å². The van der Waals surface area contributed by atoms with E-state index in [-0.39, 0.29) is 9.92 Å². The highest BCUT2D eigenvalue weighted by Gasteiger charge is 2.25. The molecule has 21 heavy (non-hydrogen) atoms. The second kappa shape index (κ2) is 6.91. The number of aryl methyl sites for hydroxylation is 1. The second-order valence-electron chi connectivity index (χ2n) is 5.60. The molecule has 0 N–H and O–H groups in total. The minimum absolute atomic E-state index is 0.0340. The SMILES string of the molecule is [C-]#[N+]C(=C1CCCCCCC1)S(=O)(=O)c1ccc(C)cc1. The fraction of sp³-hybridized carbons (Fsp3) is 0.471. The Bertz CT molecular complexity index is 654. The average molecular weight is 303 g/mol. The van der Waals surface area contributed by atoms with Gasteiger partial charge in [0, 0.05) is 0 Å². The molecule has 1 saturated carbocycles. The van der Waals surface area contributed by atoms with Crippen LogP contribution < -0.4 is 0 Å². The van der Waals surface area contributed by atoms with E-state index in [9.17, 15) is 8.42 Å². The molecule has 3 nitrogen and oxygen atoms in total. The van der Waals surface area contributed by atoms with E-state index >= 15 is 0 Å². The Labute approximate surface area is 127 Å². The van der Waals surface area contributed by atoms with E-state index in [0.29, 0.717) is 0 Å². The molecule has 0 atom stereocenters. The number of nitrogens with zero attached hydrogens (tertiary/aromatic N) is 1. The van der Waals surface area contributed by atoms with Crippen molar-refractivity contribution in [3.05, 3.63) is 51.8 Å². The largest absolute Gasteiger partial charge is 0.282 e. The van der Waals surface area contributed by atoms with Crippen LogP contribution in [0.4, 0.5) is 0 Å². The predicted molar refractivity (Wildman–Crippen MR) is 84.3 cm³/mol. The van der Waals surface area contributed by atoms with Gasteiger partial charge < -0.3 is 0 Å². The van der Waals surface area contributed by atoms with Crippen LogP contribution in [-0.2, 0) is 9.84 Å². The van der Waals surface area contributed by atoms with Crippen molar-refractivity contribution >= 4 is 9.84 Å². The molecular weight excluding hydrogens is 282 g/mol. The maximum absolute atomic E-state index is 12.7. The first-order valence-electron chi connectivity index (χ1n) is 7.47. The Morgan fingerprint density at radius 1 is 1.00 bits per heavy atom. The van der Waals surface area contributed by atoms with E-state index in [2.05, 4.69) is 4.85 Å². The summed E-state index contributed by atoms with van der Waals surface area (Å²) in [7, 11) is -3.67. The second-order valence-corrected chi connectivity index (χ2v) is 7.47. The van der Waals surface area contributed by atoms with Crippen molar-refractivity contribution in [1.82, 2.24) is 0 Å². The first-order valence-corrected chi connectivity index (χ1v) is 8.95. The normalized spacial score (nSPS) is 16.7.